The van der Waals surface area contributed by atoms with Crippen molar-refractivity contribution in [2.45, 2.75) is 19.5 Å². The highest BCUT2D eigenvalue weighted by molar-refractivity contribution is 9.10. The van der Waals surface area contributed by atoms with Crippen LogP contribution in [0.25, 0.3) is 0 Å². The highest BCUT2D eigenvalue weighted by atomic mass is 79.9. The van der Waals surface area contributed by atoms with Crippen LogP contribution >= 0.6 is 27.3 Å². The molecular weight excluding hydrogens is 364 g/mol. The number of nitrogens with one attached hydrogen (secondary N) is 1. The van der Waals surface area contributed by atoms with Crippen LogP contribution in [0.1, 0.15) is 22.8 Å². The van der Waals surface area contributed by atoms with Gasteiger partial charge in [-0.05, 0) is 53.6 Å². The fourth-order valence-corrected chi connectivity index (χ4v) is 2.93. The summed E-state index contributed by atoms with van der Waals surface area (Å²) in [6, 6.07) is 8.44. The van der Waals surface area contributed by atoms with Crippen LogP contribution in [0.2, 0.25) is 0 Å². The van der Waals surface area contributed by atoms with E-state index in [9.17, 15) is 9.59 Å². The second-order valence-corrected chi connectivity index (χ2v) is 6.72. The Morgan fingerprint density at radius 1 is 1.27 bits per heavy atom. The Hall–Kier alpha value is -1.66. The maximum Gasteiger partial charge on any atom is 0.251 e. The van der Waals surface area contributed by atoms with Gasteiger partial charge in [0.05, 0.1) is 0 Å². The van der Waals surface area contributed by atoms with Crippen molar-refractivity contribution < 1.29 is 9.59 Å². The Bertz CT molecular complexity index is 641. The molecule has 22 heavy (non-hydrogen) atoms. The van der Waals surface area contributed by atoms with Crippen molar-refractivity contribution in [1.29, 1.82) is 0 Å². The van der Waals surface area contributed by atoms with Crippen LogP contribution in [0.15, 0.2) is 45.6 Å². The van der Waals surface area contributed by atoms with E-state index in [1.54, 1.807) is 54.5 Å². The summed E-state index contributed by atoms with van der Waals surface area (Å²) in [7, 11) is 1.74. The molecule has 6 heteroatoms. The first kappa shape index (κ1) is 16.7. The van der Waals surface area contributed by atoms with E-state index in [0.717, 1.165) is 10.0 Å². The minimum Gasteiger partial charge on any atom is -0.341 e. The zero-order valence-electron chi connectivity index (χ0n) is 12.4. The lowest BCUT2D eigenvalue weighted by Crippen LogP contribution is -2.45. The number of benzene rings is 1. The van der Waals surface area contributed by atoms with Gasteiger partial charge in [-0.15, -0.1) is 0 Å². The highest BCUT2D eigenvalue weighted by Gasteiger charge is 2.20. The lowest BCUT2D eigenvalue weighted by molar-refractivity contribution is -0.132. The van der Waals surface area contributed by atoms with Gasteiger partial charge in [0.25, 0.3) is 5.91 Å². The number of amides is 2. The Kier molecular flexibility index (Phi) is 5.74. The second kappa shape index (κ2) is 7.56. The molecule has 1 aromatic carbocycles. The average Bonchev–Trinajstić information content (AvgIpc) is 2.99. The van der Waals surface area contributed by atoms with Crippen molar-refractivity contribution in [2.75, 3.05) is 7.05 Å². The third kappa shape index (κ3) is 4.42. The van der Waals surface area contributed by atoms with Gasteiger partial charge in [-0.3, -0.25) is 9.59 Å². The molecule has 1 aromatic heterocycles. The normalized spacial score (nSPS) is 11.8. The highest BCUT2D eigenvalue weighted by Crippen LogP contribution is 2.11. The van der Waals surface area contributed by atoms with Crippen molar-refractivity contribution in [3.8, 4) is 0 Å². The van der Waals surface area contributed by atoms with Gasteiger partial charge in [0.15, 0.2) is 0 Å². The van der Waals surface area contributed by atoms with Gasteiger partial charge in [-0.1, -0.05) is 15.9 Å². The molecule has 4 nitrogen and oxygen atoms in total. The maximum absolute atomic E-state index is 12.3. The second-order valence-electron chi connectivity index (χ2n) is 5.03. The van der Waals surface area contributed by atoms with Crippen molar-refractivity contribution in [3.05, 3.63) is 56.7 Å². The average molecular weight is 381 g/mol. The number of thiophene rings is 1. The van der Waals surface area contributed by atoms with Crippen LogP contribution in [0.4, 0.5) is 0 Å². The summed E-state index contributed by atoms with van der Waals surface area (Å²) >= 11 is 4.92. The van der Waals surface area contributed by atoms with Crippen LogP contribution in [0.5, 0.6) is 0 Å². The molecule has 0 bridgehead atoms. The van der Waals surface area contributed by atoms with E-state index in [1.165, 1.54) is 0 Å². The monoisotopic (exact) mass is 380 g/mol. The van der Waals surface area contributed by atoms with E-state index in [4.69, 9.17) is 0 Å². The summed E-state index contributed by atoms with van der Waals surface area (Å²) in [6.07, 6.45) is 0. The quantitative estimate of drug-likeness (QED) is 0.864. The fourth-order valence-electron chi connectivity index (χ4n) is 2.01. The molecule has 1 atom stereocenters. The fraction of sp³-hybridized carbons (Fsp3) is 0.250. The third-order valence-corrected chi connectivity index (χ3v) is 4.46. The number of hydrogen-bond donors (Lipinski definition) is 1. The lowest BCUT2D eigenvalue weighted by atomic mass is 10.2. The standard InChI is InChI=1S/C16H17BrN2O2S/c1-11(16(21)19(2)9-12-7-8-22-10-12)18-15(20)13-3-5-14(17)6-4-13/h3-8,10-11H,9H2,1-2H3,(H,18,20)/t11-/m1/s1. The molecule has 1 N–H and O–H groups in total. The molecule has 0 spiro atoms. The predicted octanol–water partition coefficient (Wildman–Crippen LogP) is 3.29. The van der Waals surface area contributed by atoms with Gasteiger partial charge in [-0.25, -0.2) is 0 Å². The molecule has 2 aromatic rings. The molecule has 0 aliphatic heterocycles. The largest absolute Gasteiger partial charge is 0.341 e. The number of rotatable bonds is 5. The number of hydrogen-bond acceptors (Lipinski definition) is 3. The molecule has 0 fully saturated rings. The van der Waals surface area contributed by atoms with Gasteiger partial charge >= 0.3 is 0 Å². The van der Waals surface area contributed by atoms with Crippen LogP contribution in [0, 0.1) is 0 Å². The van der Waals surface area contributed by atoms with E-state index >= 15 is 0 Å². The summed E-state index contributed by atoms with van der Waals surface area (Å²) in [5, 5.41) is 6.72. The Morgan fingerprint density at radius 3 is 2.55 bits per heavy atom. The Morgan fingerprint density at radius 2 is 1.95 bits per heavy atom. The SMILES string of the molecule is C[C@@H](NC(=O)c1ccc(Br)cc1)C(=O)N(C)Cc1ccsc1. The van der Waals surface area contributed by atoms with E-state index in [-0.39, 0.29) is 11.8 Å². The number of likely N-dealkylation sites (N-methyl/N-ethyl adjacent to an activating group) is 1. The topological polar surface area (TPSA) is 49.4 Å². The number of halogens is 1. The summed E-state index contributed by atoms with van der Waals surface area (Å²) in [5.74, 6) is -0.367. The smallest absolute Gasteiger partial charge is 0.251 e. The molecule has 116 valence electrons. The molecule has 0 saturated carbocycles. The summed E-state index contributed by atoms with van der Waals surface area (Å²) in [4.78, 5) is 26.0. The Labute approximate surface area is 142 Å². The van der Waals surface area contributed by atoms with Gasteiger partial charge in [0.2, 0.25) is 5.91 Å². The van der Waals surface area contributed by atoms with Crippen molar-refractivity contribution in [2.24, 2.45) is 0 Å². The zero-order valence-corrected chi connectivity index (χ0v) is 14.8. The first-order chi connectivity index (χ1) is 10.5. The van der Waals surface area contributed by atoms with Crippen LogP contribution in [-0.2, 0) is 11.3 Å². The first-order valence-corrected chi connectivity index (χ1v) is 8.53. The van der Waals surface area contributed by atoms with Crippen molar-refractivity contribution in [3.63, 3.8) is 0 Å². The molecule has 2 amide bonds. The predicted molar refractivity (Wildman–Crippen MR) is 91.9 cm³/mol. The molecule has 2 rings (SSSR count). The number of carbonyl (C=O) groups excluding carboxylic acids is 2. The van der Waals surface area contributed by atoms with Gasteiger partial charge in [0, 0.05) is 23.6 Å². The van der Waals surface area contributed by atoms with E-state index in [0.29, 0.717) is 12.1 Å². The summed E-state index contributed by atoms with van der Waals surface area (Å²) in [5.41, 5.74) is 1.62. The van der Waals surface area contributed by atoms with Gasteiger partial charge in [0.1, 0.15) is 6.04 Å². The molecule has 0 aliphatic rings. The zero-order chi connectivity index (χ0) is 16.1. The van der Waals surface area contributed by atoms with Crippen LogP contribution < -0.4 is 5.32 Å². The number of nitrogens with zero attached hydrogens (tertiary/aromatic N) is 1. The summed E-state index contributed by atoms with van der Waals surface area (Å²) < 4.78 is 0.906. The third-order valence-electron chi connectivity index (χ3n) is 3.20. The maximum atomic E-state index is 12.3. The molecule has 0 unspecified atom stereocenters. The van der Waals surface area contributed by atoms with E-state index < -0.39 is 6.04 Å². The minimum atomic E-state index is -0.570. The Balaban J connectivity index is 1.92. The summed E-state index contributed by atoms with van der Waals surface area (Å²) in [6.45, 7) is 2.24. The molecule has 0 radical (unpaired) electrons. The molecule has 0 saturated heterocycles. The van der Waals surface area contributed by atoms with Gasteiger partial charge < -0.3 is 10.2 Å². The lowest BCUT2D eigenvalue weighted by Gasteiger charge is -2.21. The minimum absolute atomic E-state index is 0.114. The van der Waals surface area contributed by atoms with Crippen molar-refractivity contribution in [1.82, 2.24) is 10.2 Å². The molecule has 0 aliphatic carbocycles. The first-order valence-electron chi connectivity index (χ1n) is 6.80. The van der Waals surface area contributed by atoms with Crippen LogP contribution in [0.3, 0.4) is 0 Å². The van der Waals surface area contributed by atoms with Crippen molar-refractivity contribution >= 4 is 39.1 Å². The van der Waals surface area contributed by atoms with Gasteiger partial charge in [-0.2, -0.15) is 11.3 Å². The number of carbonyl (C=O) groups is 2. The van der Waals surface area contributed by atoms with Crippen LogP contribution in [-0.4, -0.2) is 29.8 Å². The van der Waals surface area contributed by atoms with E-state index in [2.05, 4.69) is 21.2 Å². The molecular formula is C16H17BrN2O2S. The molecule has 1 heterocycles. The van der Waals surface area contributed by atoms with E-state index in [1.807, 2.05) is 16.8 Å².